The number of nitrogens with one attached hydrogen (secondary N) is 2. The second-order valence-electron chi connectivity index (χ2n) is 8.32. The van der Waals surface area contributed by atoms with E-state index in [1.165, 1.54) is 12.1 Å². The summed E-state index contributed by atoms with van der Waals surface area (Å²) < 4.78 is 84.2. The number of aromatic amines is 1. The summed E-state index contributed by atoms with van der Waals surface area (Å²) in [5, 5.41) is 0.0150. The van der Waals surface area contributed by atoms with Crippen molar-refractivity contribution in [2.75, 3.05) is 0 Å². The fourth-order valence-electron chi connectivity index (χ4n) is 3.84. The summed E-state index contributed by atoms with van der Waals surface area (Å²) >= 11 is 5.88. The first-order valence-electron chi connectivity index (χ1n) is 11.0. The lowest BCUT2D eigenvalue weighted by Crippen LogP contribution is -2.27. The maximum atomic E-state index is 15.1. The number of alkyl halides is 3. The molecule has 0 saturated carbocycles. The topological polar surface area (TPSA) is 131 Å². The van der Waals surface area contributed by atoms with E-state index in [0.717, 1.165) is 18.2 Å². The third kappa shape index (κ3) is 6.56. The largest absolute Gasteiger partial charge is 0.573 e. The Morgan fingerprint density at radius 1 is 1.05 bits per heavy atom. The van der Waals surface area contributed by atoms with Crippen LogP contribution in [-0.2, 0) is 23.0 Å². The predicted octanol–water partition coefficient (Wildman–Crippen LogP) is 4.39. The predicted molar refractivity (Wildman–Crippen MR) is 134 cm³/mol. The maximum Gasteiger partial charge on any atom is 0.573 e. The summed E-state index contributed by atoms with van der Waals surface area (Å²) in [7, 11) is -4.47. The summed E-state index contributed by atoms with van der Waals surface area (Å²) in [6, 6.07) is 12.6. The monoisotopic (exact) mass is 583 g/mol. The highest BCUT2D eigenvalue weighted by Crippen LogP contribution is 2.25. The smallest absolute Gasteiger partial charge is 0.406 e. The SMILES string of the molecule is NC(=O)c1c(Cc2ccc(Cl)cc2)[nH]c2c(F)cc(S(=O)(=O)NCc3cccc(OC(F)(F)F)c3)cc2c1=O. The number of hydrogen-bond donors (Lipinski definition) is 3. The van der Waals surface area contributed by atoms with Gasteiger partial charge in [-0.15, -0.1) is 13.2 Å². The molecule has 0 atom stereocenters. The molecule has 0 bridgehead atoms. The number of halogens is 5. The highest BCUT2D eigenvalue weighted by molar-refractivity contribution is 7.89. The van der Waals surface area contributed by atoms with Crippen LogP contribution < -0.4 is 20.6 Å². The lowest BCUT2D eigenvalue weighted by atomic mass is 10.0. The number of ether oxygens (including phenoxy) is 1. The molecule has 4 rings (SSSR count). The van der Waals surface area contributed by atoms with E-state index in [0.29, 0.717) is 16.7 Å². The van der Waals surface area contributed by atoms with Crippen LogP contribution in [0.2, 0.25) is 5.02 Å². The third-order valence-electron chi connectivity index (χ3n) is 5.56. The van der Waals surface area contributed by atoms with Crippen LogP contribution in [0.15, 0.2) is 70.4 Å². The van der Waals surface area contributed by atoms with Crippen molar-refractivity contribution in [2.45, 2.75) is 24.2 Å². The van der Waals surface area contributed by atoms with Crippen molar-refractivity contribution in [2.24, 2.45) is 5.73 Å². The molecule has 1 heterocycles. The van der Waals surface area contributed by atoms with Gasteiger partial charge >= 0.3 is 6.36 Å². The lowest BCUT2D eigenvalue weighted by Gasteiger charge is -2.13. The Labute approximate surface area is 223 Å². The lowest BCUT2D eigenvalue weighted by molar-refractivity contribution is -0.274. The molecule has 0 unspecified atom stereocenters. The number of fused-ring (bicyclic) bond motifs is 1. The van der Waals surface area contributed by atoms with Crippen molar-refractivity contribution in [1.29, 1.82) is 0 Å². The fraction of sp³-hybridized carbons (Fsp3) is 0.120. The molecule has 0 spiro atoms. The fourth-order valence-corrected chi connectivity index (χ4v) is 5.02. The minimum Gasteiger partial charge on any atom is -0.406 e. The van der Waals surface area contributed by atoms with E-state index in [9.17, 15) is 31.2 Å². The van der Waals surface area contributed by atoms with Gasteiger partial charge in [0.15, 0.2) is 0 Å². The van der Waals surface area contributed by atoms with Crippen molar-refractivity contribution < 1.29 is 35.5 Å². The van der Waals surface area contributed by atoms with Gasteiger partial charge in [-0.1, -0.05) is 35.9 Å². The van der Waals surface area contributed by atoms with Crippen LogP contribution in [-0.4, -0.2) is 25.7 Å². The molecule has 0 aliphatic heterocycles. The zero-order chi connectivity index (χ0) is 28.5. The number of nitrogens with two attached hydrogens (primary N) is 1. The van der Waals surface area contributed by atoms with Gasteiger partial charge in [-0.25, -0.2) is 17.5 Å². The summed E-state index contributed by atoms with van der Waals surface area (Å²) in [5.74, 6) is -2.76. The summed E-state index contributed by atoms with van der Waals surface area (Å²) in [5.41, 5.74) is 4.40. The van der Waals surface area contributed by atoms with Crippen LogP contribution >= 0.6 is 11.6 Å². The molecule has 0 aliphatic rings. The van der Waals surface area contributed by atoms with Gasteiger partial charge in [-0.05, 0) is 47.5 Å². The first-order chi connectivity index (χ1) is 18.2. The molecule has 204 valence electrons. The zero-order valence-corrected chi connectivity index (χ0v) is 21.2. The minimum atomic E-state index is -4.94. The van der Waals surface area contributed by atoms with Crippen molar-refractivity contribution in [3.05, 3.63) is 104 Å². The molecule has 4 aromatic rings. The van der Waals surface area contributed by atoms with Gasteiger partial charge in [0.1, 0.15) is 17.1 Å². The highest BCUT2D eigenvalue weighted by atomic mass is 35.5. The van der Waals surface area contributed by atoms with Gasteiger partial charge in [-0.3, -0.25) is 9.59 Å². The molecule has 0 saturated heterocycles. The van der Waals surface area contributed by atoms with Crippen LogP contribution in [0.3, 0.4) is 0 Å². The standard InChI is InChI=1S/C25H18ClF4N3O5S/c26-15-6-4-13(5-7-15)9-20-21(24(31)35)23(34)18-10-17(11-19(27)22(18)33-20)39(36,37)32-12-14-2-1-3-16(8-14)38-25(28,29)30/h1-8,10-11,32H,9,12H2,(H2,31,35)(H,33,34). The summed E-state index contributed by atoms with van der Waals surface area (Å²) in [6.45, 7) is -0.472. The van der Waals surface area contributed by atoms with Crippen LogP contribution in [0.1, 0.15) is 27.2 Å². The van der Waals surface area contributed by atoms with Crippen LogP contribution in [0, 0.1) is 5.82 Å². The van der Waals surface area contributed by atoms with E-state index < -0.39 is 61.7 Å². The number of rotatable bonds is 8. The van der Waals surface area contributed by atoms with E-state index in [1.54, 1.807) is 24.3 Å². The molecule has 0 radical (unpaired) electrons. The number of aromatic nitrogens is 1. The number of amides is 1. The molecular weight excluding hydrogens is 566 g/mol. The van der Waals surface area contributed by atoms with Crippen molar-refractivity contribution in [1.82, 2.24) is 9.71 Å². The average molecular weight is 584 g/mol. The average Bonchev–Trinajstić information content (AvgIpc) is 2.84. The first kappa shape index (κ1) is 28.1. The number of carbonyl (C=O) groups is 1. The van der Waals surface area contributed by atoms with E-state index in [1.807, 2.05) is 0 Å². The van der Waals surface area contributed by atoms with Crippen LogP contribution in [0.4, 0.5) is 17.6 Å². The molecule has 0 aliphatic carbocycles. The van der Waals surface area contributed by atoms with Gasteiger partial charge in [0, 0.05) is 23.7 Å². The maximum absolute atomic E-state index is 15.1. The Hall–Kier alpha value is -3.94. The molecular formula is C25H18ClF4N3O5S. The van der Waals surface area contributed by atoms with Gasteiger partial charge in [0.05, 0.1) is 15.8 Å². The molecule has 0 fully saturated rings. The normalized spacial score (nSPS) is 12.0. The number of sulfonamides is 1. The summed E-state index contributed by atoms with van der Waals surface area (Å²) in [6.07, 6.45) is -4.94. The molecule has 1 amide bonds. The van der Waals surface area contributed by atoms with E-state index in [2.05, 4.69) is 14.4 Å². The molecule has 3 aromatic carbocycles. The Morgan fingerprint density at radius 3 is 2.38 bits per heavy atom. The highest BCUT2D eigenvalue weighted by Gasteiger charge is 2.31. The molecule has 8 nitrogen and oxygen atoms in total. The molecule has 14 heteroatoms. The van der Waals surface area contributed by atoms with Crippen molar-refractivity contribution in [3.63, 3.8) is 0 Å². The van der Waals surface area contributed by atoms with Gasteiger partial charge in [0.25, 0.3) is 5.91 Å². The Morgan fingerprint density at radius 2 is 1.74 bits per heavy atom. The number of carbonyl (C=O) groups excluding carboxylic acids is 1. The van der Waals surface area contributed by atoms with Gasteiger partial charge in [0.2, 0.25) is 15.5 Å². The Bertz CT molecular complexity index is 1740. The number of benzene rings is 3. The van der Waals surface area contributed by atoms with E-state index in [4.69, 9.17) is 17.3 Å². The quantitative estimate of drug-likeness (QED) is 0.265. The van der Waals surface area contributed by atoms with Gasteiger partial charge < -0.3 is 15.5 Å². The minimum absolute atomic E-state index is 0.00121. The molecule has 39 heavy (non-hydrogen) atoms. The number of primary amides is 1. The van der Waals surface area contributed by atoms with Crippen molar-refractivity contribution in [3.8, 4) is 5.75 Å². The number of pyridine rings is 1. The Kier molecular flexibility index (Phi) is 7.68. The number of hydrogen-bond acceptors (Lipinski definition) is 5. The van der Waals surface area contributed by atoms with E-state index >= 15 is 4.39 Å². The first-order valence-corrected chi connectivity index (χ1v) is 12.9. The summed E-state index contributed by atoms with van der Waals surface area (Å²) in [4.78, 5) is 27.3. The van der Waals surface area contributed by atoms with Crippen molar-refractivity contribution >= 4 is 38.4 Å². The van der Waals surface area contributed by atoms with Crippen LogP contribution in [0.25, 0.3) is 10.9 Å². The Balaban J connectivity index is 1.69. The number of H-pyrrole nitrogens is 1. The second kappa shape index (κ2) is 10.7. The van der Waals surface area contributed by atoms with Crippen LogP contribution in [0.5, 0.6) is 5.75 Å². The second-order valence-corrected chi connectivity index (χ2v) is 10.5. The third-order valence-corrected chi connectivity index (χ3v) is 7.19. The van der Waals surface area contributed by atoms with E-state index in [-0.39, 0.29) is 23.2 Å². The van der Waals surface area contributed by atoms with Gasteiger partial charge in [-0.2, -0.15) is 0 Å². The molecule has 1 aromatic heterocycles. The zero-order valence-electron chi connectivity index (χ0n) is 19.6. The molecule has 4 N–H and O–H groups in total.